The van der Waals surface area contributed by atoms with Crippen molar-refractivity contribution in [1.82, 2.24) is 9.62 Å². The summed E-state index contributed by atoms with van der Waals surface area (Å²) in [7, 11) is -4.94. The quantitative estimate of drug-likeness (QED) is 0.256. The average molecular weight is 425 g/mol. The molecule has 0 saturated heterocycles. The van der Waals surface area contributed by atoms with Crippen LogP contribution in [-0.2, 0) is 20.0 Å². The van der Waals surface area contributed by atoms with Gasteiger partial charge in [0.15, 0.2) is 0 Å². The van der Waals surface area contributed by atoms with Gasteiger partial charge in [-0.2, -0.15) is 8.42 Å². The Morgan fingerprint density at radius 2 is 1.81 bits per heavy atom. The third-order valence-electron chi connectivity index (χ3n) is 3.37. The summed E-state index contributed by atoms with van der Waals surface area (Å²) in [6, 6.07) is 2.04. The highest BCUT2D eigenvalue weighted by atomic mass is 35.5. The molecule has 1 aromatic carbocycles. The lowest BCUT2D eigenvalue weighted by molar-refractivity contribution is 0.573. The van der Waals surface area contributed by atoms with Crippen LogP contribution >= 0.6 is 11.6 Å². The van der Waals surface area contributed by atoms with Crippen molar-refractivity contribution in [3.05, 3.63) is 17.2 Å². The SMILES string of the molecule is CCCCCCNS(=O)(=O)c1cc(S(=O)(=O)N=CN(C)C)c(Cl)cc1N. The predicted molar refractivity (Wildman–Crippen MR) is 105 cm³/mol. The standard InChI is InChI=1S/C15H25ClN4O4S2/c1-4-5-6-7-8-18-26(23,24)15-10-14(12(16)9-13(15)17)25(21,22)19-11-20(2)3/h9-11,18H,4-8,17H2,1-3H3. The van der Waals surface area contributed by atoms with E-state index in [1.807, 2.05) is 0 Å². The summed E-state index contributed by atoms with van der Waals surface area (Å²) in [6.45, 7) is 2.30. The smallest absolute Gasteiger partial charge is 0.285 e. The summed E-state index contributed by atoms with van der Waals surface area (Å²) < 4.78 is 55.5. The van der Waals surface area contributed by atoms with E-state index >= 15 is 0 Å². The third-order valence-corrected chi connectivity index (χ3v) is 6.58. The van der Waals surface area contributed by atoms with Crippen molar-refractivity contribution in [2.24, 2.45) is 4.40 Å². The Labute approximate surface area is 160 Å². The molecule has 0 aliphatic rings. The van der Waals surface area contributed by atoms with Crippen LogP contribution in [0.2, 0.25) is 5.02 Å². The van der Waals surface area contributed by atoms with Gasteiger partial charge in [-0.15, -0.1) is 4.40 Å². The highest BCUT2D eigenvalue weighted by molar-refractivity contribution is 7.91. The number of anilines is 1. The van der Waals surface area contributed by atoms with Gasteiger partial charge in [0.2, 0.25) is 10.0 Å². The molecule has 3 N–H and O–H groups in total. The van der Waals surface area contributed by atoms with Crippen molar-refractivity contribution >= 4 is 43.7 Å². The maximum absolute atomic E-state index is 12.5. The largest absolute Gasteiger partial charge is 0.398 e. The molecular weight excluding hydrogens is 400 g/mol. The second kappa shape index (κ2) is 9.54. The zero-order valence-electron chi connectivity index (χ0n) is 15.1. The van der Waals surface area contributed by atoms with E-state index in [0.29, 0.717) is 6.42 Å². The fourth-order valence-electron chi connectivity index (χ4n) is 2.03. The summed E-state index contributed by atoms with van der Waals surface area (Å²) in [5, 5.41) is -0.194. The molecule has 0 unspecified atom stereocenters. The Hall–Kier alpha value is -1.36. The summed E-state index contributed by atoms with van der Waals surface area (Å²) in [5.74, 6) is 0. The van der Waals surface area contributed by atoms with Gasteiger partial charge in [-0.1, -0.05) is 37.8 Å². The summed E-state index contributed by atoms with van der Waals surface area (Å²) in [4.78, 5) is 0.673. The molecule has 0 saturated carbocycles. The number of hydrogen-bond donors (Lipinski definition) is 2. The maximum atomic E-state index is 12.5. The predicted octanol–water partition coefficient (Wildman–Crippen LogP) is 2.06. The number of benzene rings is 1. The normalized spacial score (nSPS) is 12.6. The van der Waals surface area contributed by atoms with Crippen molar-refractivity contribution in [2.45, 2.75) is 42.4 Å². The number of halogens is 1. The summed E-state index contributed by atoms with van der Waals surface area (Å²) >= 11 is 5.95. The minimum atomic E-state index is -4.17. The second-order valence-corrected chi connectivity index (χ2v) is 9.68. The topological polar surface area (TPSA) is 122 Å². The van der Waals surface area contributed by atoms with E-state index in [-0.39, 0.29) is 22.2 Å². The fraction of sp³-hybridized carbons (Fsp3) is 0.533. The minimum Gasteiger partial charge on any atom is -0.398 e. The molecule has 1 aromatic rings. The number of nitrogen functional groups attached to an aromatic ring is 1. The molecule has 26 heavy (non-hydrogen) atoms. The van der Waals surface area contributed by atoms with Crippen molar-refractivity contribution in [3.63, 3.8) is 0 Å². The number of unbranched alkanes of at least 4 members (excludes halogenated alkanes) is 3. The Kier molecular flexibility index (Phi) is 8.32. The van der Waals surface area contributed by atoms with Crippen molar-refractivity contribution in [2.75, 3.05) is 26.4 Å². The molecule has 8 nitrogen and oxygen atoms in total. The Bertz CT molecular complexity index is 853. The molecule has 0 aromatic heterocycles. The van der Waals surface area contributed by atoms with Crippen LogP contribution in [0.3, 0.4) is 0 Å². The van der Waals surface area contributed by atoms with Crippen LogP contribution in [0, 0.1) is 0 Å². The molecule has 0 atom stereocenters. The first-order valence-electron chi connectivity index (χ1n) is 8.07. The van der Waals surface area contributed by atoms with Gasteiger partial charge in [0, 0.05) is 20.6 Å². The lowest BCUT2D eigenvalue weighted by Gasteiger charge is -2.12. The highest BCUT2D eigenvalue weighted by Gasteiger charge is 2.24. The van der Waals surface area contributed by atoms with Gasteiger partial charge in [-0.25, -0.2) is 13.1 Å². The summed E-state index contributed by atoms with van der Waals surface area (Å²) in [5.41, 5.74) is 5.62. The first-order chi connectivity index (χ1) is 12.0. The number of sulfonamides is 2. The van der Waals surface area contributed by atoms with Gasteiger partial charge < -0.3 is 10.6 Å². The van der Waals surface area contributed by atoms with Crippen LogP contribution in [0.15, 0.2) is 26.3 Å². The van der Waals surface area contributed by atoms with Crippen molar-refractivity contribution in [1.29, 1.82) is 0 Å². The van der Waals surface area contributed by atoms with E-state index in [2.05, 4.69) is 16.0 Å². The lowest BCUT2D eigenvalue weighted by atomic mass is 10.2. The van der Waals surface area contributed by atoms with Crippen molar-refractivity contribution in [3.8, 4) is 0 Å². The Morgan fingerprint density at radius 1 is 1.15 bits per heavy atom. The molecule has 0 radical (unpaired) electrons. The monoisotopic (exact) mass is 424 g/mol. The van der Waals surface area contributed by atoms with Crippen LogP contribution in [0.5, 0.6) is 0 Å². The van der Waals surface area contributed by atoms with Crippen LogP contribution in [-0.4, -0.2) is 48.7 Å². The number of rotatable bonds is 10. The van der Waals surface area contributed by atoms with E-state index in [0.717, 1.165) is 37.7 Å². The highest BCUT2D eigenvalue weighted by Crippen LogP contribution is 2.30. The molecule has 1 rings (SSSR count). The summed E-state index contributed by atoms with van der Waals surface area (Å²) in [6.07, 6.45) is 4.71. The minimum absolute atomic E-state index is 0.133. The van der Waals surface area contributed by atoms with Gasteiger partial charge in [0.05, 0.1) is 10.7 Å². The van der Waals surface area contributed by atoms with Gasteiger partial charge in [0.25, 0.3) is 10.0 Å². The number of hydrogen-bond acceptors (Lipinski definition) is 5. The maximum Gasteiger partial charge on any atom is 0.285 e. The van der Waals surface area contributed by atoms with Crippen molar-refractivity contribution < 1.29 is 16.8 Å². The first kappa shape index (κ1) is 22.7. The molecule has 0 spiro atoms. The third kappa shape index (κ3) is 6.42. The molecule has 0 amide bonds. The van der Waals surface area contributed by atoms with Gasteiger partial charge >= 0.3 is 0 Å². The average Bonchev–Trinajstić information content (AvgIpc) is 2.52. The zero-order valence-corrected chi connectivity index (χ0v) is 17.5. The van der Waals surface area contributed by atoms with E-state index in [1.165, 1.54) is 4.90 Å². The van der Waals surface area contributed by atoms with Gasteiger partial charge in [-0.05, 0) is 18.6 Å². The number of nitrogens with one attached hydrogen (secondary N) is 1. The van der Waals surface area contributed by atoms with E-state index < -0.39 is 24.9 Å². The fourth-order valence-corrected chi connectivity index (χ4v) is 4.78. The molecular formula is C15H25ClN4O4S2. The molecule has 0 aliphatic carbocycles. The van der Waals surface area contributed by atoms with Crippen LogP contribution in [0.4, 0.5) is 5.69 Å². The molecule has 0 heterocycles. The zero-order chi connectivity index (χ0) is 20.0. The Balaban J connectivity index is 3.18. The lowest BCUT2D eigenvalue weighted by Crippen LogP contribution is -2.26. The molecule has 0 aliphatic heterocycles. The molecule has 0 fully saturated rings. The molecule has 148 valence electrons. The van der Waals surface area contributed by atoms with Crippen LogP contribution < -0.4 is 10.5 Å². The van der Waals surface area contributed by atoms with Gasteiger partial charge in [-0.3, -0.25) is 0 Å². The van der Waals surface area contributed by atoms with Crippen LogP contribution in [0.25, 0.3) is 0 Å². The van der Waals surface area contributed by atoms with E-state index in [4.69, 9.17) is 17.3 Å². The molecule has 0 bridgehead atoms. The number of nitrogens with two attached hydrogens (primary N) is 1. The Morgan fingerprint density at radius 3 is 2.38 bits per heavy atom. The van der Waals surface area contributed by atoms with E-state index in [9.17, 15) is 16.8 Å². The number of nitrogens with zero attached hydrogens (tertiary/aromatic N) is 2. The first-order valence-corrected chi connectivity index (χ1v) is 11.4. The van der Waals surface area contributed by atoms with Gasteiger partial charge in [0.1, 0.15) is 16.1 Å². The molecule has 11 heteroatoms. The van der Waals surface area contributed by atoms with E-state index in [1.54, 1.807) is 14.1 Å². The second-order valence-electron chi connectivity index (χ2n) is 5.94. The van der Waals surface area contributed by atoms with Crippen LogP contribution in [0.1, 0.15) is 32.6 Å².